The summed E-state index contributed by atoms with van der Waals surface area (Å²) in [6, 6.07) is 20.9. The van der Waals surface area contributed by atoms with Crippen molar-refractivity contribution in [1.29, 1.82) is 0 Å². The molecule has 0 saturated heterocycles. The maximum atomic E-state index is 5.63. The molecule has 0 atom stereocenters. The van der Waals surface area contributed by atoms with E-state index < -0.39 is 0 Å². The molecule has 2 rings (SSSR count). The van der Waals surface area contributed by atoms with Gasteiger partial charge in [-0.25, -0.2) is 0 Å². The zero-order valence-electron chi connectivity index (χ0n) is 14.0. The molecule has 122 valence electrons. The lowest BCUT2D eigenvalue weighted by Crippen LogP contribution is -3.06. The van der Waals surface area contributed by atoms with E-state index in [9.17, 15) is 0 Å². The summed E-state index contributed by atoms with van der Waals surface area (Å²) in [7, 11) is 4.34. The van der Waals surface area contributed by atoms with Crippen molar-refractivity contribution >= 4 is 17.3 Å². The van der Waals surface area contributed by atoms with Crippen molar-refractivity contribution in [2.45, 2.75) is 13.1 Å². The third-order valence-electron chi connectivity index (χ3n) is 3.67. The Balaban J connectivity index is 1.95. The number of nitrogens with zero attached hydrogens (tertiary/aromatic N) is 1. The Kier molecular flexibility index (Phi) is 7.04. The molecule has 0 aliphatic carbocycles. The normalized spacial score (nSPS) is 10.6. The van der Waals surface area contributed by atoms with Gasteiger partial charge in [0.2, 0.25) is 0 Å². The topological polar surface area (TPSA) is 19.7 Å². The van der Waals surface area contributed by atoms with Crippen LogP contribution in [-0.4, -0.2) is 37.2 Å². The smallest absolute Gasteiger partial charge is 0.169 e. The maximum Gasteiger partial charge on any atom is 0.169 e. The van der Waals surface area contributed by atoms with Gasteiger partial charge in [0, 0.05) is 13.1 Å². The van der Waals surface area contributed by atoms with Crippen molar-refractivity contribution in [2.24, 2.45) is 0 Å². The van der Waals surface area contributed by atoms with Gasteiger partial charge in [-0.05, 0) is 23.3 Å². The monoisotopic (exact) mass is 328 g/mol. The van der Waals surface area contributed by atoms with Crippen LogP contribution in [0.3, 0.4) is 0 Å². The summed E-state index contributed by atoms with van der Waals surface area (Å²) in [6.45, 7) is 3.60. The van der Waals surface area contributed by atoms with Crippen molar-refractivity contribution in [1.82, 2.24) is 10.2 Å². The summed E-state index contributed by atoms with van der Waals surface area (Å²) >= 11 is 5.63. The molecule has 0 amide bonds. The largest absolute Gasteiger partial charge is 0.358 e. The van der Waals surface area contributed by atoms with Gasteiger partial charge in [-0.2, -0.15) is 0 Å². The molecule has 0 aliphatic rings. The maximum absolute atomic E-state index is 5.63. The molecule has 0 bridgehead atoms. The van der Waals surface area contributed by atoms with Crippen LogP contribution in [0.4, 0.5) is 0 Å². The second-order valence-electron chi connectivity index (χ2n) is 6.01. The van der Waals surface area contributed by atoms with Crippen molar-refractivity contribution in [3.63, 3.8) is 0 Å². The number of thiocarbonyl (C=S) groups is 1. The Labute approximate surface area is 144 Å². The van der Waals surface area contributed by atoms with Gasteiger partial charge in [0.25, 0.3) is 0 Å². The van der Waals surface area contributed by atoms with Gasteiger partial charge in [0.1, 0.15) is 0 Å². The van der Waals surface area contributed by atoms with Crippen molar-refractivity contribution in [2.75, 3.05) is 27.2 Å². The molecule has 3 nitrogen and oxygen atoms in total. The van der Waals surface area contributed by atoms with E-state index in [1.54, 1.807) is 0 Å². The standard InChI is InChI=1S/C19H25N3S/c1-21(2)13-14-22(16-18-11-7-4-8-12-18)19(23)20-15-17-9-5-3-6-10-17/h3-12H,13-16H2,1-2H3,(H,20,23)/p+1. The minimum atomic E-state index is 0.764. The summed E-state index contributed by atoms with van der Waals surface area (Å²) in [6.07, 6.45) is 0. The molecule has 23 heavy (non-hydrogen) atoms. The first-order valence-corrected chi connectivity index (χ1v) is 8.45. The average molecular weight is 329 g/mol. The van der Waals surface area contributed by atoms with E-state index in [0.717, 1.165) is 31.3 Å². The summed E-state index contributed by atoms with van der Waals surface area (Å²) in [4.78, 5) is 3.68. The highest BCUT2D eigenvalue weighted by molar-refractivity contribution is 7.80. The van der Waals surface area contributed by atoms with Crippen LogP contribution in [0, 0.1) is 0 Å². The summed E-state index contributed by atoms with van der Waals surface area (Å²) in [5, 5.41) is 4.21. The molecule has 0 heterocycles. The van der Waals surface area contributed by atoms with Crippen molar-refractivity contribution in [3.05, 3.63) is 71.8 Å². The molecule has 0 aliphatic heterocycles. The highest BCUT2D eigenvalue weighted by Crippen LogP contribution is 2.05. The second kappa shape index (κ2) is 9.28. The zero-order chi connectivity index (χ0) is 16.5. The van der Waals surface area contributed by atoms with Crippen molar-refractivity contribution < 1.29 is 4.90 Å². The molecule has 2 aromatic carbocycles. The number of nitrogens with one attached hydrogen (secondary N) is 2. The Morgan fingerprint density at radius 1 is 0.957 bits per heavy atom. The Bertz CT molecular complexity index is 584. The highest BCUT2D eigenvalue weighted by Gasteiger charge is 2.11. The molecule has 0 spiro atoms. The van der Waals surface area contributed by atoms with Crippen LogP contribution in [0.2, 0.25) is 0 Å². The van der Waals surface area contributed by atoms with E-state index in [1.807, 2.05) is 12.1 Å². The van der Waals surface area contributed by atoms with E-state index in [4.69, 9.17) is 12.2 Å². The number of benzene rings is 2. The fourth-order valence-electron chi connectivity index (χ4n) is 2.30. The number of hydrogen-bond donors (Lipinski definition) is 2. The fraction of sp³-hybridized carbons (Fsp3) is 0.316. The van der Waals surface area contributed by atoms with Crippen LogP contribution >= 0.6 is 12.2 Å². The molecule has 0 unspecified atom stereocenters. The minimum absolute atomic E-state index is 0.764. The van der Waals surface area contributed by atoms with Gasteiger partial charge in [0.05, 0.1) is 27.2 Å². The SMILES string of the molecule is C[NH+](C)CCN(Cc1ccccc1)C(=S)NCc1ccccc1. The predicted octanol–water partition coefficient (Wildman–Crippen LogP) is 1.71. The molecule has 0 saturated carbocycles. The third-order valence-corrected chi connectivity index (χ3v) is 4.07. The van der Waals surface area contributed by atoms with Crippen LogP contribution in [0.15, 0.2) is 60.7 Å². The summed E-state index contributed by atoms with van der Waals surface area (Å²) < 4.78 is 0. The van der Waals surface area contributed by atoms with Crippen LogP contribution in [0.1, 0.15) is 11.1 Å². The molecule has 0 radical (unpaired) electrons. The number of hydrogen-bond acceptors (Lipinski definition) is 1. The molecule has 0 fully saturated rings. The predicted molar refractivity (Wildman–Crippen MR) is 100 cm³/mol. The lowest BCUT2D eigenvalue weighted by molar-refractivity contribution is -0.857. The van der Waals surface area contributed by atoms with Gasteiger partial charge in [-0.15, -0.1) is 0 Å². The second-order valence-corrected chi connectivity index (χ2v) is 6.40. The lowest BCUT2D eigenvalue weighted by atomic mass is 10.2. The lowest BCUT2D eigenvalue weighted by Gasteiger charge is -2.26. The van der Waals surface area contributed by atoms with Crippen LogP contribution in [-0.2, 0) is 13.1 Å². The zero-order valence-corrected chi connectivity index (χ0v) is 14.8. The first-order valence-electron chi connectivity index (χ1n) is 8.05. The Morgan fingerprint density at radius 2 is 1.52 bits per heavy atom. The molecule has 0 aromatic heterocycles. The molecule has 2 aromatic rings. The van der Waals surface area contributed by atoms with Gasteiger partial charge >= 0.3 is 0 Å². The number of rotatable bonds is 7. The summed E-state index contributed by atoms with van der Waals surface area (Å²) in [5.74, 6) is 0. The first kappa shape index (κ1) is 17.4. The van der Waals surface area contributed by atoms with Gasteiger partial charge in [-0.1, -0.05) is 60.7 Å². The van der Waals surface area contributed by atoms with Gasteiger partial charge in [0.15, 0.2) is 5.11 Å². The highest BCUT2D eigenvalue weighted by atomic mass is 32.1. The quantitative estimate of drug-likeness (QED) is 0.755. The van der Waals surface area contributed by atoms with E-state index in [1.165, 1.54) is 16.0 Å². The van der Waals surface area contributed by atoms with Crippen LogP contribution < -0.4 is 10.2 Å². The van der Waals surface area contributed by atoms with Crippen molar-refractivity contribution in [3.8, 4) is 0 Å². The van der Waals surface area contributed by atoms with E-state index in [0.29, 0.717) is 0 Å². The Hall–Kier alpha value is -1.91. The molecular formula is C19H26N3S+. The fourth-order valence-corrected chi connectivity index (χ4v) is 2.53. The third kappa shape index (κ3) is 6.38. The molecule has 4 heteroatoms. The number of likely N-dealkylation sites (N-methyl/N-ethyl adjacent to an activating group) is 1. The molecular weight excluding hydrogens is 302 g/mol. The van der Waals surface area contributed by atoms with Crippen LogP contribution in [0.25, 0.3) is 0 Å². The summed E-state index contributed by atoms with van der Waals surface area (Å²) in [5.41, 5.74) is 2.53. The van der Waals surface area contributed by atoms with E-state index in [-0.39, 0.29) is 0 Å². The average Bonchev–Trinajstić information content (AvgIpc) is 2.58. The first-order chi connectivity index (χ1) is 11.1. The number of quaternary nitrogens is 1. The van der Waals surface area contributed by atoms with E-state index >= 15 is 0 Å². The van der Waals surface area contributed by atoms with Gasteiger partial charge in [-0.3, -0.25) is 0 Å². The van der Waals surface area contributed by atoms with Gasteiger partial charge < -0.3 is 15.1 Å². The molecule has 2 N–H and O–H groups in total. The van der Waals surface area contributed by atoms with E-state index in [2.05, 4.69) is 72.8 Å². The van der Waals surface area contributed by atoms with Crippen LogP contribution in [0.5, 0.6) is 0 Å². The minimum Gasteiger partial charge on any atom is -0.358 e. The Morgan fingerprint density at radius 3 is 2.09 bits per heavy atom.